The predicted octanol–water partition coefficient (Wildman–Crippen LogP) is 3.43. The van der Waals surface area contributed by atoms with E-state index in [4.69, 9.17) is 9.26 Å². The second-order valence-electron chi connectivity index (χ2n) is 6.66. The summed E-state index contributed by atoms with van der Waals surface area (Å²) in [5, 5.41) is 17.6. The average molecular weight is 446 g/mol. The van der Waals surface area contributed by atoms with Gasteiger partial charge in [-0.2, -0.15) is 5.10 Å². The van der Waals surface area contributed by atoms with Crippen molar-refractivity contribution < 1.29 is 24.0 Å². The number of carbonyl (C=O) groups excluding carboxylic acids is 1. The van der Waals surface area contributed by atoms with Gasteiger partial charge in [0.1, 0.15) is 11.3 Å². The average Bonchev–Trinajstić information content (AvgIpc) is 3.03. The number of aromatic nitrogens is 3. The molecule has 144 valence electrons. The van der Waals surface area contributed by atoms with Crippen molar-refractivity contribution in [1.29, 1.82) is 0 Å². The first kappa shape index (κ1) is 18.4. The van der Waals surface area contributed by atoms with Crippen LogP contribution in [0.4, 0.5) is 0 Å². The number of carboxylic acids is 1. The minimum absolute atomic E-state index is 0.0461. The van der Waals surface area contributed by atoms with Crippen LogP contribution in [0.3, 0.4) is 0 Å². The molecule has 1 N–H and O–H groups in total. The Morgan fingerprint density at radius 2 is 2.18 bits per heavy atom. The van der Waals surface area contributed by atoms with E-state index in [0.717, 1.165) is 5.69 Å². The lowest BCUT2D eigenvalue weighted by Gasteiger charge is -2.15. The van der Waals surface area contributed by atoms with Gasteiger partial charge in [-0.05, 0) is 31.5 Å². The molecule has 1 aliphatic carbocycles. The van der Waals surface area contributed by atoms with Gasteiger partial charge in [0, 0.05) is 12.0 Å². The normalized spacial score (nSPS) is 20.8. The number of esters is 1. The Kier molecular flexibility index (Phi) is 4.34. The van der Waals surface area contributed by atoms with Crippen LogP contribution in [0.25, 0.3) is 5.69 Å². The van der Waals surface area contributed by atoms with Gasteiger partial charge in [-0.3, -0.25) is 0 Å². The Morgan fingerprint density at radius 3 is 2.82 bits per heavy atom. The molecule has 4 rings (SSSR count). The van der Waals surface area contributed by atoms with E-state index in [-0.39, 0.29) is 11.5 Å². The fourth-order valence-electron chi connectivity index (χ4n) is 3.35. The topological polar surface area (TPSA) is 107 Å². The highest BCUT2D eigenvalue weighted by molar-refractivity contribution is 9.09. The van der Waals surface area contributed by atoms with Gasteiger partial charge >= 0.3 is 11.9 Å². The van der Waals surface area contributed by atoms with Crippen molar-refractivity contribution in [1.82, 2.24) is 14.9 Å². The summed E-state index contributed by atoms with van der Waals surface area (Å²) >= 11 is 3.76. The molecule has 0 unspecified atom stereocenters. The van der Waals surface area contributed by atoms with Gasteiger partial charge in [-0.15, -0.1) is 0 Å². The summed E-state index contributed by atoms with van der Waals surface area (Å²) in [4.78, 5) is 23.7. The third kappa shape index (κ3) is 2.91. The molecule has 2 aromatic heterocycles. The molecule has 2 heterocycles. The molecule has 0 bridgehead atoms. The minimum atomic E-state index is -1.04. The number of ether oxygens (including phenoxy) is 1. The Hall–Kier alpha value is -2.94. The number of hydrogen-bond acceptors (Lipinski definition) is 6. The van der Waals surface area contributed by atoms with Gasteiger partial charge in [0.25, 0.3) is 0 Å². The summed E-state index contributed by atoms with van der Waals surface area (Å²) in [7, 11) is 1.31. The van der Waals surface area contributed by atoms with Crippen LogP contribution in [0, 0.1) is 6.92 Å². The standard InChI is InChI=1S/C19H16BrN3O5/c1-10-6-15(28-22-10)14-8-19(14,20)16-13(18(26)27-2)9-21-23(16)12-5-3-4-11(7-12)17(24)25/h3-7,9,14H,8H2,1-2H3,(H,24,25)/t14-,19-/m0/s1. The molecule has 0 amide bonds. The van der Waals surface area contributed by atoms with Gasteiger partial charge in [-0.25, -0.2) is 14.3 Å². The van der Waals surface area contributed by atoms with Crippen LogP contribution in [0.5, 0.6) is 0 Å². The van der Waals surface area contributed by atoms with Crippen LogP contribution in [0.1, 0.15) is 50.2 Å². The van der Waals surface area contributed by atoms with Gasteiger partial charge in [0.15, 0.2) is 0 Å². The molecule has 9 heteroatoms. The molecule has 0 spiro atoms. The van der Waals surface area contributed by atoms with Crippen molar-refractivity contribution in [2.45, 2.75) is 23.6 Å². The van der Waals surface area contributed by atoms with Gasteiger partial charge in [-0.1, -0.05) is 27.2 Å². The zero-order chi connectivity index (χ0) is 20.1. The fourth-order valence-corrected chi connectivity index (χ4v) is 4.28. The third-order valence-electron chi connectivity index (χ3n) is 4.79. The number of rotatable bonds is 5. The Labute approximate surface area is 168 Å². The molecule has 8 nitrogen and oxygen atoms in total. The largest absolute Gasteiger partial charge is 0.478 e. The van der Waals surface area contributed by atoms with Crippen LogP contribution < -0.4 is 0 Å². The second kappa shape index (κ2) is 6.59. The first-order chi connectivity index (χ1) is 13.3. The van der Waals surface area contributed by atoms with Crippen molar-refractivity contribution in [2.24, 2.45) is 0 Å². The lowest BCUT2D eigenvalue weighted by molar-refractivity contribution is 0.0598. The summed E-state index contributed by atoms with van der Waals surface area (Å²) in [6.45, 7) is 1.84. The molecular formula is C19H16BrN3O5. The summed E-state index contributed by atoms with van der Waals surface area (Å²) in [5.74, 6) is -0.903. The first-order valence-electron chi connectivity index (χ1n) is 8.48. The number of benzene rings is 1. The summed E-state index contributed by atoms with van der Waals surface area (Å²) in [5.41, 5.74) is 2.32. The number of aryl methyl sites for hydroxylation is 1. The Bertz CT molecular complexity index is 1090. The number of alkyl halides is 1. The quantitative estimate of drug-likeness (QED) is 0.473. The Morgan fingerprint density at radius 1 is 1.39 bits per heavy atom. The predicted molar refractivity (Wildman–Crippen MR) is 101 cm³/mol. The zero-order valence-electron chi connectivity index (χ0n) is 15.0. The summed E-state index contributed by atoms with van der Waals surface area (Å²) < 4.78 is 11.3. The van der Waals surface area contributed by atoms with Crippen LogP contribution in [0.2, 0.25) is 0 Å². The fraction of sp³-hybridized carbons (Fsp3) is 0.263. The first-order valence-corrected chi connectivity index (χ1v) is 9.27. The molecule has 1 aromatic carbocycles. The third-order valence-corrected chi connectivity index (χ3v) is 6.04. The van der Waals surface area contributed by atoms with Crippen molar-refractivity contribution in [3.8, 4) is 5.69 Å². The molecule has 1 aliphatic rings. The number of carbonyl (C=O) groups is 2. The molecule has 1 fully saturated rings. The van der Waals surface area contributed by atoms with Crippen molar-refractivity contribution in [2.75, 3.05) is 7.11 Å². The van der Waals surface area contributed by atoms with Crippen LogP contribution in [-0.4, -0.2) is 39.1 Å². The number of carboxylic acid groups (broad SMARTS) is 1. The smallest absolute Gasteiger partial charge is 0.341 e. The molecule has 0 saturated heterocycles. The Balaban J connectivity index is 1.84. The van der Waals surface area contributed by atoms with Crippen LogP contribution in [0.15, 0.2) is 41.1 Å². The number of halogens is 1. The highest BCUT2D eigenvalue weighted by Gasteiger charge is 2.60. The van der Waals surface area contributed by atoms with Crippen LogP contribution >= 0.6 is 15.9 Å². The molecule has 0 aliphatic heterocycles. The van der Waals surface area contributed by atoms with E-state index in [1.807, 2.05) is 13.0 Å². The van der Waals surface area contributed by atoms with Crippen molar-refractivity contribution in [3.63, 3.8) is 0 Å². The summed E-state index contributed by atoms with van der Waals surface area (Å²) in [6, 6.07) is 8.23. The number of nitrogens with zero attached hydrogens (tertiary/aromatic N) is 3. The van der Waals surface area contributed by atoms with E-state index in [0.29, 0.717) is 29.1 Å². The van der Waals surface area contributed by atoms with Gasteiger partial charge in [0.2, 0.25) is 0 Å². The lowest BCUT2D eigenvalue weighted by Crippen LogP contribution is -2.15. The minimum Gasteiger partial charge on any atom is -0.478 e. The van der Waals surface area contributed by atoms with E-state index in [2.05, 4.69) is 26.2 Å². The lowest BCUT2D eigenvalue weighted by atomic mass is 10.1. The van der Waals surface area contributed by atoms with Gasteiger partial charge < -0.3 is 14.4 Å². The van der Waals surface area contributed by atoms with Crippen molar-refractivity contribution in [3.05, 3.63) is 64.8 Å². The van der Waals surface area contributed by atoms with Crippen molar-refractivity contribution >= 4 is 27.9 Å². The number of aromatic carboxylic acids is 1. The number of hydrogen-bond donors (Lipinski definition) is 1. The highest BCUT2D eigenvalue weighted by Crippen LogP contribution is 2.65. The second-order valence-corrected chi connectivity index (χ2v) is 8.07. The SMILES string of the molecule is COC(=O)c1cnn(-c2cccc(C(=O)O)c2)c1[C@]1(Br)C[C@H]1c1cc(C)no1. The number of methoxy groups -OCH3 is 1. The molecule has 1 saturated carbocycles. The van der Waals surface area contributed by atoms with E-state index in [9.17, 15) is 14.7 Å². The maximum Gasteiger partial charge on any atom is 0.341 e. The monoisotopic (exact) mass is 445 g/mol. The van der Waals surface area contributed by atoms with E-state index in [1.165, 1.54) is 25.4 Å². The molecule has 3 aromatic rings. The highest BCUT2D eigenvalue weighted by atomic mass is 79.9. The molecule has 2 atom stereocenters. The maximum atomic E-state index is 12.3. The van der Waals surface area contributed by atoms with Gasteiger partial charge in [0.05, 0.1) is 40.3 Å². The zero-order valence-corrected chi connectivity index (χ0v) is 16.6. The molecule has 0 radical (unpaired) electrons. The van der Waals surface area contributed by atoms with E-state index >= 15 is 0 Å². The van der Waals surface area contributed by atoms with E-state index < -0.39 is 16.3 Å². The molecule has 28 heavy (non-hydrogen) atoms. The molecular weight excluding hydrogens is 430 g/mol. The van der Waals surface area contributed by atoms with Crippen LogP contribution in [-0.2, 0) is 9.06 Å². The van der Waals surface area contributed by atoms with E-state index in [1.54, 1.807) is 16.8 Å². The summed E-state index contributed by atoms with van der Waals surface area (Å²) in [6.07, 6.45) is 2.09. The maximum absolute atomic E-state index is 12.3.